The molecule has 2 nitrogen and oxygen atoms in total. The van der Waals surface area contributed by atoms with Crippen LogP contribution in [0.2, 0.25) is 0 Å². The molecule has 0 aromatic heterocycles. The highest BCUT2D eigenvalue weighted by atomic mass is 19.1. The Balaban J connectivity index is 1.65. The molecule has 26 heavy (non-hydrogen) atoms. The maximum Gasteiger partial charge on any atom is 0.196 e. The van der Waals surface area contributed by atoms with Crippen LogP contribution in [-0.4, -0.2) is 6.10 Å². The number of halogens is 1. The van der Waals surface area contributed by atoms with Crippen molar-refractivity contribution in [1.82, 2.24) is 0 Å². The van der Waals surface area contributed by atoms with Gasteiger partial charge in [-0.1, -0.05) is 56.9 Å². The van der Waals surface area contributed by atoms with Gasteiger partial charge in [0.15, 0.2) is 5.83 Å². The third-order valence-corrected chi connectivity index (χ3v) is 5.29. The monoisotopic (exact) mass is 357 g/mol. The quantitative estimate of drug-likeness (QED) is 0.347. The Morgan fingerprint density at radius 1 is 1.08 bits per heavy atom. The predicted molar refractivity (Wildman–Crippen MR) is 104 cm³/mol. The second kappa shape index (κ2) is 11.9. The van der Waals surface area contributed by atoms with Crippen LogP contribution in [0.3, 0.4) is 0 Å². The van der Waals surface area contributed by atoms with Crippen LogP contribution in [0.15, 0.2) is 36.2 Å². The average Bonchev–Trinajstić information content (AvgIpc) is 2.68. The van der Waals surface area contributed by atoms with E-state index in [1.54, 1.807) is 6.07 Å². The van der Waals surface area contributed by atoms with Crippen LogP contribution in [0.1, 0.15) is 75.8 Å². The lowest BCUT2D eigenvalue weighted by atomic mass is 9.87. The number of aryl methyl sites for hydroxylation is 1. The molecule has 1 fully saturated rings. The molecule has 1 aliphatic carbocycles. The first-order valence-corrected chi connectivity index (χ1v) is 10.2. The fraction of sp³-hybridized carbons (Fsp3) is 0.609. The second-order valence-corrected chi connectivity index (χ2v) is 7.45. The topological polar surface area (TPSA) is 33.0 Å². The van der Waals surface area contributed by atoms with Gasteiger partial charge in [0.1, 0.15) is 6.07 Å². The highest BCUT2D eigenvalue weighted by molar-refractivity contribution is 5.22. The van der Waals surface area contributed by atoms with E-state index < -0.39 is 5.83 Å². The Hall–Kier alpha value is -1.66. The van der Waals surface area contributed by atoms with Crippen molar-refractivity contribution in [3.05, 3.63) is 47.3 Å². The van der Waals surface area contributed by atoms with Gasteiger partial charge >= 0.3 is 0 Å². The molecule has 0 N–H and O–H groups in total. The smallest absolute Gasteiger partial charge is 0.196 e. The first kappa shape index (κ1) is 20.6. The van der Waals surface area contributed by atoms with Crippen LogP contribution in [0.4, 0.5) is 4.39 Å². The largest absolute Gasteiger partial charge is 0.374 e. The summed E-state index contributed by atoms with van der Waals surface area (Å²) in [6.07, 6.45) is 13.2. The number of hydrogen-bond donors (Lipinski definition) is 0. The average molecular weight is 358 g/mol. The summed E-state index contributed by atoms with van der Waals surface area (Å²) >= 11 is 0. The number of allylic oxidation sites excluding steroid dienone is 2. The van der Waals surface area contributed by atoms with Gasteiger partial charge in [-0.05, 0) is 61.6 Å². The van der Waals surface area contributed by atoms with E-state index in [-0.39, 0.29) is 12.0 Å². The Bertz CT molecular complexity index is 579. The summed E-state index contributed by atoms with van der Waals surface area (Å²) in [6.45, 7) is 2.90. The summed E-state index contributed by atoms with van der Waals surface area (Å²) in [5.41, 5.74) is 2.63. The van der Waals surface area contributed by atoms with E-state index in [0.29, 0.717) is 6.61 Å². The van der Waals surface area contributed by atoms with E-state index in [0.717, 1.165) is 25.7 Å². The van der Waals surface area contributed by atoms with Crippen molar-refractivity contribution in [2.75, 3.05) is 0 Å². The van der Waals surface area contributed by atoms with Gasteiger partial charge in [0.05, 0.1) is 12.7 Å². The molecule has 0 aliphatic heterocycles. The highest BCUT2D eigenvalue weighted by Gasteiger charge is 2.20. The molecular formula is C23H32FNO. The number of nitrogens with zero attached hydrogens (tertiary/aromatic N) is 1. The number of benzene rings is 1. The fourth-order valence-electron chi connectivity index (χ4n) is 3.62. The molecule has 142 valence electrons. The van der Waals surface area contributed by atoms with E-state index in [1.807, 2.05) is 0 Å². The fourth-order valence-corrected chi connectivity index (χ4v) is 3.62. The van der Waals surface area contributed by atoms with Crippen LogP contribution in [-0.2, 0) is 17.8 Å². The number of unbranched alkanes of at least 4 members (excludes halogenated alkanes) is 4. The number of ether oxygens (including phenoxy) is 1. The molecule has 3 heteroatoms. The maximum absolute atomic E-state index is 13.0. The van der Waals surface area contributed by atoms with Crippen molar-refractivity contribution >= 4 is 0 Å². The summed E-state index contributed by atoms with van der Waals surface area (Å²) in [7, 11) is 0. The lowest BCUT2D eigenvalue weighted by molar-refractivity contribution is 0.0109. The first-order valence-electron chi connectivity index (χ1n) is 10.2. The Labute approximate surface area is 158 Å². The molecule has 1 aromatic rings. The van der Waals surface area contributed by atoms with E-state index in [2.05, 4.69) is 31.2 Å². The molecular weight excluding hydrogens is 325 g/mol. The van der Waals surface area contributed by atoms with Gasteiger partial charge < -0.3 is 4.74 Å². The predicted octanol–water partition coefficient (Wildman–Crippen LogP) is 6.65. The molecule has 2 rings (SSSR count). The summed E-state index contributed by atoms with van der Waals surface area (Å²) in [4.78, 5) is 0. The summed E-state index contributed by atoms with van der Waals surface area (Å²) in [5, 5.41) is 8.51. The molecule has 0 atom stereocenters. The van der Waals surface area contributed by atoms with Crippen LogP contribution in [0.5, 0.6) is 0 Å². The van der Waals surface area contributed by atoms with Crippen molar-refractivity contribution in [1.29, 1.82) is 5.26 Å². The zero-order valence-electron chi connectivity index (χ0n) is 16.1. The third kappa shape index (κ3) is 7.70. The van der Waals surface area contributed by atoms with Crippen LogP contribution in [0, 0.1) is 17.2 Å². The Kier molecular flexibility index (Phi) is 9.42. The highest BCUT2D eigenvalue weighted by Crippen LogP contribution is 2.28. The molecule has 0 bridgehead atoms. The minimum atomic E-state index is -0.653. The van der Waals surface area contributed by atoms with Gasteiger partial charge in [0.2, 0.25) is 0 Å². The zero-order valence-corrected chi connectivity index (χ0v) is 16.1. The van der Waals surface area contributed by atoms with Crippen molar-refractivity contribution in [2.45, 2.75) is 83.8 Å². The normalized spacial score (nSPS) is 20.7. The maximum atomic E-state index is 13.0. The molecule has 0 amide bonds. The van der Waals surface area contributed by atoms with Crippen molar-refractivity contribution < 1.29 is 9.13 Å². The molecule has 0 spiro atoms. The lowest BCUT2D eigenvalue weighted by Crippen LogP contribution is -2.20. The molecule has 0 saturated heterocycles. The minimum absolute atomic E-state index is 0.186. The van der Waals surface area contributed by atoms with Crippen LogP contribution >= 0.6 is 0 Å². The van der Waals surface area contributed by atoms with E-state index >= 15 is 0 Å². The molecule has 1 saturated carbocycles. The van der Waals surface area contributed by atoms with E-state index in [9.17, 15) is 4.39 Å². The standard InChI is InChI=1S/C23H32FNO/c1-2-3-4-5-6-7-19-8-10-21(11-9-19)18-26-23-14-12-20(13-15-23)16-22(24)17-25/h8-11,16,20,23H,2-7,12-15,18H2,1H3. The van der Waals surface area contributed by atoms with Gasteiger partial charge in [-0.15, -0.1) is 0 Å². The Morgan fingerprint density at radius 2 is 1.73 bits per heavy atom. The SMILES string of the molecule is CCCCCCCc1ccc(COC2CCC(C=C(F)C#N)CC2)cc1. The van der Waals surface area contributed by atoms with E-state index in [1.165, 1.54) is 55.7 Å². The minimum Gasteiger partial charge on any atom is -0.374 e. The van der Waals surface area contributed by atoms with Gasteiger partial charge in [-0.2, -0.15) is 9.65 Å². The van der Waals surface area contributed by atoms with Crippen molar-refractivity contribution in [3.8, 4) is 6.07 Å². The van der Waals surface area contributed by atoms with Gasteiger partial charge in [0.25, 0.3) is 0 Å². The van der Waals surface area contributed by atoms with Gasteiger partial charge in [-0.25, -0.2) is 0 Å². The molecule has 0 radical (unpaired) electrons. The zero-order chi connectivity index (χ0) is 18.6. The summed E-state index contributed by atoms with van der Waals surface area (Å²) in [6, 6.07) is 10.4. The first-order chi connectivity index (χ1) is 12.7. The van der Waals surface area contributed by atoms with Crippen molar-refractivity contribution in [2.24, 2.45) is 5.92 Å². The summed E-state index contributed by atoms with van der Waals surface area (Å²) < 4.78 is 19.1. The van der Waals surface area contributed by atoms with Crippen molar-refractivity contribution in [3.63, 3.8) is 0 Å². The second-order valence-electron chi connectivity index (χ2n) is 7.45. The molecule has 1 aromatic carbocycles. The van der Waals surface area contributed by atoms with Gasteiger partial charge in [-0.3, -0.25) is 0 Å². The van der Waals surface area contributed by atoms with Crippen LogP contribution < -0.4 is 0 Å². The summed E-state index contributed by atoms with van der Waals surface area (Å²) in [5.74, 6) is -0.467. The number of rotatable bonds is 10. The van der Waals surface area contributed by atoms with Gasteiger partial charge in [0, 0.05) is 0 Å². The number of hydrogen-bond acceptors (Lipinski definition) is 2. The molecule has 0 unspecified atom stereocenters. The number of nitriles is 1. The third-order valence-electron chi connectivity index (χ3n) is 5.29. The Morgan fingerprint density at radius 3 is 2.38 bits per heavy atom. The van der Waals surface area contributed by atoms with Crippen LogP contribution in [0.25, 0.3) is 0 Å². The van der Waals surface area contributed by atoms with E-state index in [4.69, 9.17) is 10.00 Å². The molecule has 0 heterocycles. The molecule has 1 aliphatic rings. The lowest BCUT2D eigenvalue weighted by Gasteiger charge is -2.26.